The van der Waals surface area contributed by atoms with Crippen LogP contribution in [0, 0.1) is 34.0 Å². The first-order chi connectivity index (χ1) is 30.9. The predicted octanol–water partition coefficient (Wildman–Crippen LogP) is 14.5. The van der Waals surface area contributed by atoms with Crippen LogP contribution >= 0.6 is 0 Å². The fourth-order valence-corrected chi connectivity index (χ4v) is 8.73. The highest BCUT2D eigenvalue weighted by Gasteiger charge is 2.39. The number of alkyl halides is 6. The maximum Gasteiger partial charge on any atom is 0.417 e. The minimum absolute atomic E-state index is 0.0893. The molecule has 0 radical (unpaired) electrons. The van der Waals surface area contributed by atoms with Gasteiger partial charge in [0.25, 0.3) is 0 Å². The summed E-state index contributed by atoms with van der Waals surface area (Å²) >= 11 is 0. The standard InChI is InChI=1S/C53H27F6N5/c54-52(55,56)38-19-22-39(45(26-38)53(57,58)59)44-27-51(64-47-8-4-2-6-41(47)43-21-18-36(24-49(43)64)34-15-11-32(29-61)12-16-34)50(25-37(44)30-62)63-46-7-3-1-5-40(46)42-20-17-35(23-48(42)63)33-13-9-31(28-60)10-14-33/h1-27H. The van der Waals surface area contributed by atoms with Gasteiger partial charge in [0.15, 0.2) is 0 Å². The normalized spacial score (nSPS) is 11.9. The molecule has 0 aliphatic rings. The second-order valence-corrected chi connectivity index (χ2v) is 15.3. The molecule has 0 spiro atoms. The number of hydrogen-bond donors (Lipinski definition) is 0. The number of nitriles is 3. The lowest BCUT2D eigenvalue weighted by Crippen LogP contribution is -2.13. The Morgan fingerprint density at radius 3 is 1.28 bits per heavy atom. The number of para-hydroxylation sites is 2. The van der Waals surface area contributed by atoms with Gasteiger partial charge in [0.05, 0.1) is 79.5 Å². The number of rotatable bonds is 5. The van der Waals surface area contributed by atoms with Crippen molar-refractivity contribution in [3.63, 3.8) is 0 Å². The molecule has 0 unspecified atom stereocenters. The minimum Gasteiger partial charge on any atom is -0.307 e. The van der Waals surface area contributed by atoms with Crippen molar-refractivity contribution in [2.24, 2.45) is 0 Å². The lowest BCUT2D eigenvalue weighted by Gasteiger charge is -2.21. The Hall–Kier alpha value is -8.59. The number of nitrogens with zero attached hydrogens (tertiary/aromatic N) is 5. The highest BCUT2D eigenvalue weighted by molar-refractivity contribution is 6.13. The van der Waals surface area contributed by atoms with Crippen LogP contribution in [-0.4, -0.2) is 9.13 Å². The Labute approximate surface area is 360 Å². The van der Waals surface area contributed by atoms with Crippen molar-refractivity contribution >= 4 is 43.6 Å². The zero-order valence-corrected chi connectivity index (χ0v) is 33.1. The minimum atomic E-state index is -5.22. The van der Waals surface area contributed by atoms with Gasteiger partial charge in [-0.15, -0.1) is 0 Å². The fourth-order valence-electron chi connectivity index (χ4n) is 8.73. The molecule has 0 saturated carbocycles. The molecule has 0 amide bonds. The van der Waals surface area contributed by atoms with E-state index in [9.17, 15) is 42.1 Å². The molecule has 0 aliphatic heterocycles. The van der Waals surface area contributed by atoms with Crippen LogP contribution < -0.4 is 0 Å². The third kappa shape index (κ3) is 6.48. The zero-order valence-electron chi connectivity index (χ0n) is 33.1. The molecular weight excluding hydrogens is 821 g/mol. The monoisotopic (exact) mass is 847 g/mol. The third-order valence-electron chi connectivity index (χ3n) is 11.7. The van der Waals surface area contributed by atoms with E-state index >= 15 is 0 Å². The van der Waals surface area contributed by atoms with Crippen LogP contribution in [0.3, 0.4) is 0 Å². The number of aromatic nitrogens is 2. The number of fused-ring (bicyclic) bond motifs is 6. The average Bonchev–Trinajstić information content (AvgIpc) is 3.82. The van der Waals surface area contributed by atoms with Crippen LogP contribution in [0.15, 0.2) is 164 Å². The Balaban J connectivity index is 1.35. The van der Waals surface area contributed by atoms with E-state index in [1.165, 1.54) is 12.1 Å². The van der Waals surface area contributed by atoms with Gasteiger partial charge in [-0.3, -0.25) is 0 Å². The lowest BCUT2D eigenvalue weighted by atomic mass is 9.92. The van der Waals surface area contributed by atoms with Gasteiger partial charge in [-0.05, 0) is 101 Å². The Morgan fingerprint density at radius 1 is 0.375 bits per heavy atom. The van der Waals surface area contributed by atoms with Crippen molar-refractivity contribution in [1.82, 2.24) is 9.13 Å². The Bertz CT molecular complexity index is 3670. The molecule has 2 heterocycles. The maximum absolute atomic E-state index is 15.0. The predicted molar refractivity (Wildman–Crippen MR) is 236 cm³/mol. The van der Waals surface area contributed by atoms with Crippen LogP contribution in [0.4, 0.5) is 26.3 Å². The van der Waals surface area contributed by atoms with Gasteiger partial charge >= 0.3 is 12.4 Å². The average molecular weight is 848 g/mol. The summed E-state index contributed by atoms with van der Waals surface area (Å²) in [5.41, 5.74) is 3.68. The third-order valence-corrected chi connectivity index (χ3v) is 11.7. The molecule has 10 aromatic rings. The molecule has 0 bridgehead atoms. The van der Waals surface area contributed by atoms with Crippen molar-refractivity contribution in [3.8, 4) is 63.0 Å². The molecule has 10 rings (SSSR count). The molecule has 5 nitrogen and oxygen atoms in total. The summed E-state index contributed by atoms with van der Waals surface area (Å²) in [6.45, 7) is 0. The van der Waals surface area contributed by atoms with Gasteiger partial charge in [-0.1, -0.05) is 91.0 Å². The van der Waals surface area contributed by atoms with Gasteiger partial charge in [-0.25, -0.2) is 0 Å². The van der Waals surface area contributed by atoms with Crippen molar-refractivity contribution in [2.45, 2.75) is 12.4 Å². The van der Waals surface area contributed by atoms with E-state index in [1.54, 1.807) is 24.3 Å². The SMILES string of the molecule is N#Cc1ccc(-c2ccc3c4ccccc4n(-c4cc(C#N)c(-c5ccc(C(F)(F)F)cc5C(F)(F)F)cc4-n4c5ccccc5c5ccc(-c6ccc(C#N)cc6)cc54)c3c2)cc1. The van der Waals surface area contributed by atoms with Crippen molar-refractivity contribution < 1.29 is 26.3 Å². The first-order valence-electron chi connectivity index (χ1n) is 19.8. The van der Waals surface area contributed by atoms with Gasteiger partial charge in [0.1, 0.15) is 0 Å². The molecule has 0 N–H and O–H groups in total. The second kappa shape index (κ2) is 14.8. The van der Waals surface area contributed by atoms with E-state index < -0.39 is 29.0 Å². The van der Waals surface area contributed by atoms with Crippen molar-refractivity contribution in [2.75, 3.05) is 0 Å². The molecule has 2 aromatic heterocycles. The van der Waals surface area contributed by atoms with Crippen molar-refractivity contribution in [3.05, 3.63) is 192 Å². The summed E-state index contributed by atoms with van der Waals surface area (Å²) in [6.07, 6.45) is -10.3. The summed E-state index contributed by atoms with van der Waals surface area (Å²) < 4.78 is 90.6. The zero-order chi connectivity index (χ0) is 44.5. The van der Waals surface area contributed by atoms with Crippen LogP contribution in [0.25, 0.3) is 88.4 Å². The molecule has 306 valence electrons. The molecule has 11 heteroatoms. The van der Waals surface area contributed by atoms with Crippen LogP contribution in [0.1, 0.15) is 27.8 Å². The van der Waals surface area contributed by atoms with E-state index in [0.717, 1.165) is 55.4 Å². The molecular formula is C53H27F6N5. The topological polar surface area (TPSA) is 81.2 Å². The van der Waals surface area contributed by atoms with E-state index in [2.05, 4.69) is 18.2 Å². The van der Waals surface area contributed by atoms with Gasteiger partial charge in [-0.2, -0.15) is 42.1 Å². The van der Waals surface area contributed by atoms with E-state index in [-0.39, 0.29) is 17.2 Å². The molecule has 8 aromatic carbocycles. The van der Waals surface area contributed by atoms with Gasteiger partial charge in [0.2, 0.25) is 0 Å². The highest BCUT2D eigenvalue weighted by Crippen LogP contribution is 2.46. The number of halogens is 6. The summed E-state index contributed by atoms with van der Waals surface area (Å²) in [5.74, 6) is 0. The molecule has 0 fully saturated rings. The van der Waals surface area contributed by atoms with Gasteiger partial charge < -0.3 is 9.13 Å². The fraction of sp³-hybridized carbons (Fsp3) is 0.0377. The van der Waals surface area contributed by atoms with Crippen LogP contribution in [0.2, 0.25) is 0 Å². The van der Waals surface area contributed by atoms with E-state index in [0.29, 0.717) is 45.1 Å². The van der Waals surface area contributed by atoms with Gasteiger partial charge in [0, 0.05) is 27.1 Å². The smallest absolute Gasteiger partial charge is 0.307 e. The first-order valence-corrected chi connectivity index (χ1v) is 19.8. The quantitative estimate of drug-likeness (QED) is 0.162. The molecule has 0 atom stereocenters. The van der Waals surface area contributed by atoms with Crippen molar-refractivity contribution in [1.29, 1.82) is 15.8 Å². The number of hydrogen-bond acceptors (Lipinski definition) is 3. The summed E-state index contributed by atoms with van der Waals surface area (Å²) in [7, 11) is 0. The lowest BCUT2D eigenvalue weighted by molar-refractivity contribution is -0.142. The van der Waals surface area contributed by atoms with E-state index in [1.807, 2.05) is 118 Å². The second-order valence-electron chi connectivity index (χ2n) is 15.3. The summed E-state index contributed by atoms with van der Waals surface area (Å²) in [4.78, 5) is 0. The largest absolute Gasteiger partial charge is 0.417 e. The Morgan fingerprint density at radius 2 is 0.828 bits per heavy atom. The highest BCUT2D eigenvalue weighted by atomic mass is 19.4. The molecule has 0 aliphatic carbocycles. The molecule has 0 saturated heterocycles. The van der Waals surface area contributed by atoms with Crippen LogP contribution in [0.5, 0.6) is 0 Å². The maximum atomic E-state index is 15.0. The Kier molecular flexibility index (Phi) is 9.14. The summed E-state index contributed by atoms with van der Waals surface area (Å²) in [6, 6.07) is 51.9. The van der Waals surface area contributed by atoms with Crippen LogP contribution in [-0.2, 0) is 12.4 Å². The van der Waals surface area contributed by atoms with E-state index in [4.69, 9.17) is 0 Å². The first kappa shape index (κ1) is 39.5. The summed E-state index contributed by atoms with van der Waals surface area (Å²) in [5, 5.41) is 33.1. The number of benzene rings is 8. The molecule has 64 heavy (non-hydrogen) atoms.